The summed E-state index contributed by atoms with van der Waals surface area (Å²) in [5.41, 5.74) is -1.35. The monoisotopic (exact) mass is 360 g/mol. The summed E-state index contributed by atoms with van der Waals surface area (Å²) in [7, 11) is 0. The zero-order valence-corrected chi connectivity index (χ0v) is 14.0. The highest BCUT2D eigenvalue weighted by molar-refractivity contribution is 6.30. The largest absolute Gasteiger partial charge is 0.417 e. The number of likely N-dealkylation sites (tertiary alicyclic amines) is 1. The fourth-order valence-electron chi connectivity index (χ4n) is 3.81. The number of nitrogens with one attached hydrogen (secondary N) is 1. The Morgan fingerprint density at radius 3 is 2.54 bits per heavy atom. The van der Waals surface area contributed by atoms with Gasteiger partial charge in [0, 0.05) is 17.1 Å². The summed E-state index contributed by atoms with van der Waals surface area (Å²) >= 11 is 5.67. The second-order valence-corrected chi connectivity index (χ2v) is 6.95. The molecule has 24 heavy (non-hydrogen) atoms. The van der Waals surface area contributed by atoms with Gasteiger partial charge in [0.1, 0.15) is 0 Å². The summed E-state index contributed by atoms with van der Waals surface area (Å²) in [6.45, 7) is 2.01. The predicted molar refractivity (Wildman–Crippen MR) is 86.2 cm³/mol. The molecule has 1 N–H and O–H groups in total. The first-order valence-electron chi connectivity index (χ1n) is 8.28. The molecule has 0 aromatic heterocycles. The van der Waals surface area contributed by atoms with E-state index >= 15 is 0 Å². The summed E-state index contributed by atoms with van der Waals surface area (Å²) in [6.07, 6.45) is 0.457. The van der Waals surface area contributed by atoms with Crippen molar-refractivity contribution in [2.24, 2.45) is 0 Å². The van der Waals surface area contributed by atoms with Crippen LogP contribution in [0.1, 0.15) is 48.0 Å². The Bertz CT molecular complexity index is 614. The van der Waals surface area contributed by atoms with E-state index < -0.39 is 17.6 Å². The quantitative estimate of drug-likeness (QED) is 0.880. The summed E-state index contributed by atoms with van der Waals surface area (Å²) in [5, 5.41) is 2.80. The van der Waals surface area contributed by atoms with E-state index in [1.165, 1.54) is 6.07 Å². The lowest BCUT2D eigenvalue weighted by Gasteiger charge is -2.30. The number of alkyl halides is 3. The highest BCUT2D eigenvalue weighted by atomic mass is 35.5. The summed E-state index contributed by atoms with van der Waals surface area (Å²) < 4.78 is 39.5. The molecule has 1 heterocycles. The molecule has 1 aliphatic carbocycles. The van der Waals surface area contributed by atoms with E-state index in [9.17, 15) is 18.0 Å². The number of hydrogen-bond acceptors (Lipinski definition) is 2. The molecule has 2 aliphatic rings. The molecule has 0 bridgehead atoms. The van der Waals surface area contributed by atoms with Gasteiger partial charge in [-0.1, -0.05) is 11.6 Å². The number of benzene rings is 1. The van der Waals surface area contributed by atoms with Gasteiger partial charge < -0.3 is 5.32 Å². The minimum Gasteiger partial charge on any atom is -0.348 e. The van der Waals surface area contributed by atoms with Crippen LogP contribution in [0.5, 0.6) is 0 Å². The Kier molecular flexibility index (Phi) is 5.06. The maximum absolute atomic E-state index is 13.2. The van der Waals surface area contributed by atoms with Crippen LogP contribution in [-0.2, 0) is 6.18 Å². The highest BCUT2D eigenvalue weighted by Crippen LogP contribution is 2.34. The third-order valence-electron chi connectivity index (χ3n) is 4.94. The summed E-state index contributed by atoms with van der Waals surface area (Å²) in [6, 6.07) is 3.42. The van der Waals surface area contributed by atoms with E-state index in [1.54, 1.807) is 0 Å². The van der Waals surface area contributed by atoms with E-state index in [-0.39, 0.29) is 22.7 Å². The van der Waals surface area contributed by atoms with Crippen LogP contribution in [0.25, 0.3) is 0 Å². The second kappa shape index (κ2) is 6.92. The standard InChI is InChI=1S/C17H20ClF3N2O/c18-11-6-7-12(13(10-11)17(19,20)21)16(24)22-14-4-3-5-15(14)23-8-1-2-9-23/h6-7,10,14-15H,1-5,8-9H2,(H,22,24)/t14-,15+/m1/s1. The molecular weight excluding hydrogens is 341 g/mol. The van der Waals surface area contributed by atoms with Crippen molar-refractivity contribution in [1.29, 1.82) is 0 Å². The molecule has 7 heteroatoms. The van der Waals surface area contributed by atoms with Crippen LogP contribution >= 0.6 is 11.6 Å². The fourth-order valence-corrected chi connectivity index (χ4v) is 3.99. The van der Waals surface area contributed by atoms with Gasteiger partial charge in [-0.15, -0.1) is 0 Å². The van der Waals surface area contributed by atoms with Gasteiger partial charge in [0.05, 0.1) is 11.1 Å². The van der Waals surface area contributed by atoms with E-state index in [2.05, 4.69) is 10.2 Å². The number of carbonyl (C=O) groups is 1. The molecule has 1 aliphatic heterocycles. The predicted octanol–water partition coefficient (Wildman–Crippen LogP) is 4.11. The van der Waals surface area contributed by atoms with E-state index in [4.69, 9.17) is 11.6 Å². The van der Waals surface area contributed by atoms with E-state index in [0.29, 0.717) is 0 Å². The van der Waals surface area contributed by atoms with Gasteiger partial charge in [-0.25, -0.2) is 0 Å². The van der Waals surface area contributed by atoms with Crippen molar-refractivity contribution in [3.63, 3.8) is 0 Å². The molecule has 2 fully saturated rings. The van der Waals surface area contributed by atoms with E-state index in [0.717, 1.165) is 57.3 Å². The smallest absolute Gasteiger partial charge is 0.348 e. The number of rotatable bonds is 3. The number of hydrogen-bond donors (Lipinski definition) is 1. The van der Waals surface area contributed by atoms with Crippen molar-refractivity contribution in [2.75, 3.05) is 13.1 Å². The molecule has 1 aromatic rings. The average Bonchev–Trinajstić information content (AvgIpc) is 3.16. The Morgan fingerprint density at radius 1 is 1.17 bits per heavy atom. The highest BCUT2D eigenvalue weighted by Gasteiger charge is 2.38. The molecule has 132 valence electrons. The van der Waals surface area contributed by atoms with Gasteiger partial charge in [0.25, 0.3) is 5.91 Å². The van der Waals surface area contributed by atoms with Crippen LogP contribution in [0.4, 0.5) is 13.2 Å². The molecule has 1 saturated carbocycles. The topological polar surface area (TPSA) is 32.3 Å². The Morgan fingerprint density at radius 2 is 1.88 bits per heavy atom. The normalized spacial score (nSPS) is 25.2. The van der Waals surface area contributed by atoms with Gasteiger partial charge in [-0.2, -0.15) is 13.2 Å². The molecule has 3 nitrogen and oxygen atoms in total. The first-order chi connectivity index (χ1) is 11.4. The van der Waals surface area contributed by atoms with Crippen LogP contribution in [0.3, 0.4) is 0 Å². The third-order valence-corrected chi connectivity index (χ3v) is 5.17. The van der Waals surface area contributed by atoms with Crippen LogP contribution in [0.15, 0.2) is 18.2 Å². The van der Waals surface area contributed by atoms with Crippen LogP contribution in [0, 0.1) is 0 Å². The van der Waals surface area contributed by atoms with Crippen molar-refractivity contribution in [3.05, 3.63) is 34.3 Å². The lowest BCUT2D eigenvalue weighted by Crippen LogP contribution is -2.48. The van der Waals surface area contributed by atoms with Crippen LogP contribution in [0.2, 0.25) is 5.02 Å². The van der Waals surface area contributed by atoms with Crippen molar-refractivity contribution in [1.82, 2.24) is 10.2 Å². The second-order valence-electron chi connectivity index (χ2n) is 6.51. The summed E-state index contributed by atoms with van der Waals surface area (Å²) in [5.74, 6) is -0.671. The van der Waals surface area contributed by atoms with Gasteiger partial charge in [0.2, 0.25) is 0 Å². The molecule has 0 unspecified atom stereocenters. The van der Waals surface area contributed by atoms with Gasteiger partial charge in [0.15, 0.2) is 0 Å². The molecule has 0 radical (unpaired) electrons. The van der Waals surface area contributed by atoms with Crippen molar-refractivity contribution in [2.45, 2.75) is 50.4 Å². The third kappa shape index (κ3) is 3.70. The van der Waals surface area contributed by atoms with Crippen LogP contribution in [-0.4, -0.2) is 36.0 Å². The van der Waals surface area contributed by atoms with Crippen molar-refractivity contribution >= 4 is 17.5 Å². The molecule has 0 spiro atoms. The SMILES string of the molecule is O=C(N[C@@H]1CCC[C@@H]1N1CCCC1)c1ccc(Cl)cc1C(F)(F)F. The Balaban J connectivity index is 1.77. The van der Waals surface area contributed by atoms with Gasteiger partial charge in [-0.05, 0) is 63.4 Å². The minimum absolute atomic E-state index is 0.0327. The molecular formula is C17H20ClF3N2O. The maximum Gasteiger partial charge on any atom is 0.417 e. The number of nitrogens with zero attached hydrogens (tertiary/aromatic N) is 1. The molecule has 1 aromatic carbocycles. The molecule has 1 amide bonds. The first-order valence-corrected chi connectivity index (χ1v) is 8.66. The number of halogens is 4. The fraction of sp³-hybridized carbons (Fsp3) is 0.588. The molecule has 2 atom stereocenters. The zero-order valence-electron chi connectivity index (χ0n) is 13.2. The van der Waals surface area contributed by atoms with Gasteiger partial charge in [-0.3, -0.25) is 9.69 Å². The maximum atomic E-state index is 13.2. The van der Waals surface area contributed by atoms with Gasteiger partial charge >= 0.3 is 6.18 Å². The number of carbonyl (C=O) groups excluding carboxylic acids is 1. The van der Waals surface area contributed by atoms with Crippen molar-refractivity contribution in [3.8, 4) is 0 Å². The number of amides is 1. The minimum atomic E-state index is -4.61. The Hall–Kier alpha value is -1.27. The van der Waals surface area contributed by atoms with Crippen molar-refractivity contribution < 1.29 is 18.0 Å². The lowest BCUT2D eigenvalue weighted by atomic mass is 10.0. The molecule has 3 rings (SSSR count). The summed E-state index contributed by atoms with van der Waals surface area (Å²) in [4.78, 5) is 14.8. The van der Waals surface area contributed by atoms with Crippen LogP contribution < -0.4 is 5.32 Å². The zero-order chi connectivity index (χ0) is 17.3. The Labute approximate surface area is 144 Å². The lowest BCUT2D eigenvalue weighted by molar-refractivity contribution is -0.137. The first kappa shape index (κ1) is 17.5. The molecule has 1 saturated heterocycles. The van der Waals surface area contributed by atoms with E-state index in [1.807, 2.05) is 0 Å². The average molecular weight is 361 g/mol.